The molecule has 0 aromatic heterocycles. The van der Waals surface area contributed by atoms with Crippen LogP contribution in [0.1, 0.15) is 31.1 Å². The molecule has 0 heterocycles. The van der Waals surface area contributed by atoms with Gasteiger partial charge >= 0.3 is 0 Å². The van der Waals surface area contributed by atoms with Crippen LogP contribution in [0.25, 0.3) is 0 Å². The number of hydrogen-bond acceptors (Lipinski definition) is 2. The van der Waals surface area contributed by atoms with Gasteiger partial charge in [0.25, 0.3) is 0 Å². The topological polar surface area (TPSA) is 29.5 Å². The van der Waals surface area contributed by atoms with Crippen molar-refractivity contribution in [2.75, 3.05) is 6.61 Å². The second-order valence-corrected chi connectivity index (χ2v) is 6.06. The van der Waals surface area contributed by atoms with E-state index < -0.39 is 6.10 Å². The Morgan fingerprint density at radius 3 is 2.48 bits per heavy atom. The summed E-state index contributed by atoms with van der Waals surface area (Å²) in [6.07, 6.45) is 0.381. The van der Waals surface area contributed by atoms with Crippen LogP contribution in [0.3, 0.4) is 0 Å². The quantitative estimate of drug-likeness (QED) is 0.841. The summed E-state index contributed by atoms with van der Waals surface area (Å²) in [5.41, 5.74) is 2.13. The third-order valence-corrected chi connectivity index (χ3v) is 3.45. The summed E-state index contributed by atoms with van der Waals surface area (Å²) in [5.74, 6) is 1.31. The van der Waals surface area contributed by atoms with Crippen LogP contribution in [0.5, 0.6) is 5.75 Å². The molecule has 0 fully saturated rings. The number of aliphatic hydroxyl groups is 1. The van der Waals surface area contributed by atoms with Crippen molar-refractivity contribution in [3.63, 3.8) is 0 Å². The first kappa shape index (κ1) is 15.9. The molecule has 2 rings (SSSR count). The summed E-state index contributed by atoms with van der Waals surface area (Å²) < 4.78 is 5.59. The lowest BCUT2D eigenvalue weighted by atomic mass is 9.99. The molecule has 21 heavy (non-hydrogen) atoms. The Kier molecular flexibility index (Phi) is 5.66. The molecule has 2 nitrogen and oxygen atoms in total. The van der Waals surface area contributed by atoms with Crippen molar-refractivity contribution in [1.29, 1.82) is 0 Å². The van der Waals surface area contributed by atoms with E-state index in [1.54, 1.807) is 24.3 Å². The highest BCUT2D eigenvalue weighted by atomic mass is 35.5. The van der Waals surface area contributed by atoms with Crippen LogP contribution < -0.4 is 4.74 Å². The van der Waals surface area contributed by atoms with E-state index in [4.69, 9.17) is 16.3 Å². The van der Waals surface area contributed by atoms with Crippen molar-refractivity contribution in [2.45, 2.75) is 26.4 Å². The van der Waals surface area contributed by atoms with Crippen LogP contribution in [0.4, 0.5) is 0 Å². The summed E-state index contributed by atoms with van der Waals surface area (Å²) >= 11 is 5.82. The summed E-state index contributed by atoms with van der Waals surface area (Å²) in [6, 6.07) is 15.2. The minimum atomic E-state index is -0.632. The van der Waals surface area contributed by atoms with Gasteiger partial charge in [-0.05, 0) is 47.7 Å². The van der Waals surface area contributed by atoms with Gasteiger partial charge < -0.3 is 9.84 Å². The van der Waals surface area contributed by atoms with Crippen LogP contribution in [0.2, 0.25) is 5.02 Å². The second-order valence-electron chi connectivity index (χ2n) is 5.62. The fraction of sp³-hybridized carbons (Fsp3) is 0.333. The Balaban J connectivity index is 1.96. The van der Waals surface area contributed by atoms with E-state index in [2.05, 4.69) is 26.0 Å². The average Bonchev–Trinajstić information content (AvgIpc) is 2.46. The minimum Gasteiger partial charge on any atom is -0.491 e. The lowest BCUT2D eigenvalue weighted by Crippen LogP contribution is -2.10. The Hall–Kier alpha value is -1.51. The third kappa shape index (κ3) is 5.07. The highest BCUT2D eigenvalue weighted by Crippen LogP contribution is 2.20. The predicted molar refractivity (Wildman–Crippen MR) is 86.9 cm³/mol. The molecule has 0 aliphatic rings. The summed E-state index contributed by atoms with van der Waals surface area (Å²) in [7, 11) is 0. The van der Waals surface area contributed by atoms with Crippen molar-refractivity contribution in [2.24, 2.45) is 5.92 Å². The molecular weight excluding hydrogens is 284 g/mol. The zero-order chi connectivity index (χ0) is 15.2. The van der Waals surface area contributed by atoms with Crippen molar-refractivity contribution < 1.29 is 9.84 Å². The van der Waals surface area contributed by atoms with Crippen molar-refractivity contribution in [3.05, 3.63) is 64.7 Å². The number of benzene rings is 2. The van der Waals surface area contributed by atoms with Gasteiger partial charge in [-0.25, -0.2) is 0 Å². The molecular formula is C18H21ClO2. The SMILES string of the molecule is CC(C)Cc1cccc(C(O)COc2ccc(Cl)cc2)c1. The normalized spacial score (nSPS) is 12.4. The molecule has 1 atom stereocenters. The Morgan fingerprint density at radius 1 is 1.10 bits per heavy atom. The molecule has 3 heteroatoms. The number of rotatable bonds is 6. The first-order valence-electron chi connectivity index (χ1n) is 7.20. The lowest BCUT2D eigenvalue weighted by Gasteiger charge is -2.14. The lowest BCUT2D eigenvalue weighted by molar-refractivity contribution is 0.108. The molecule has 0 spiro atoms. The summed E-state index contributed by atoms with van der Waals surface area (Å²) in [6.45, 7) is 4.60. The van der Waals surface area contributed by atoms with Crippen LogP contribution in [0.15, 0.2) is 48.5 Å². The Labute approximate surface area is 131 Å². The fourth-order valence-electron chi connectivity index (χ4n) is 2.20. The molecule has 0 saturated heterocycles. The molecule has 0 aliphatic carbocycles. The first-order chi connectivity index (χ1) is 10.0. The van der Waals surface area contributed by atoms with Crippen LogP contribution in [-0.4, -0.2) is 11.7 Å². The Morgan fingerprint density at radius 2 is 1.81 bits per heavy atom. The summed E-state index contributed by atoms with van der Waals surface area (Å²) in [4.78, 5) is 0. The van der Waals surface area contributed by atoms with Gasteiger partial charge in [-0.2, -0.15) is 0 Å². The number of halogens is 1. The molecule has 112 valence electrons. The van der Waals surface area contributed by atoms with Crippen molar-refractivity contribution in [1.82, 2.24) is 0 Å². The van der Waals surface area contributed by atoms with Gasteiger partial charge in [0.1, 0.15) is 18.5 Å². The zero-order valence-electron chi connectivity index (χ0n) is 12.4. The van der Waals surface area contributed by atoms with Crippen LogP contribution in [-0.2, 0) is 6.42 Å². The predicted octanol–water partition coefficient (Wildman–Crippen LogP) is 4.65. The molecule has 0 amide bonds. The van der Waals surface area contributed by atoms with E-state index in [0.29, 0.717) is 16.7 Å². The molecule has 0 bridgehead atoms. The molecule has 1 unspecified atom stereocenters. The van der Waals surface area contributed by atoms with Gasteiger partial charge in [-0.1, -0.05) is 49.7 Å². The molecule has 1 N–H and O–H groups in total. The van der Waals surface area contributed by atoms with Crippen molar-refractivity contribution in [3.8, 4) is 5.75 Å². The fourth-order valence-corrected chi connectivity index (χ4v) is 2.33. The maximum absolute atomic E-state index is 10.2. The van der Waals surface area contributed by atoms with Gasteiger partial charge in [0.2, 0.25) is 0 Å². The zero-order valence-corrected chi connectivity index (χ0v) is 13.2. The summed E-state index contributed by atoms with van der Waals surface area (Å²) in [5, 5.41) is 10.9. The first-order valence-corrected chi connectivity index (χ1v) is 7.57. The average molecular weight is 305 g/mol. The monoisotopic (exact) mass is 304 g/mol. The molecule has 0 saturated carbocycles. The van der Waals surface area contributed by atoms with Crippen molar-refractivity contribution >= 4 is 11.6 Å². The van der Waals surface area contributed by atoms with E-state index >= 15 is 0 Å². The van der Waals surface area contributed by atoms with Gasteiger partial charge in [-0.3, -0.25) is 0 Å². The van der Waals surface area contributed by atoms with E-state index in [0.717, 1.165) is 12.0 Å². The largest absolute Gasteiger partial charge is 0.491 e. The molecule has 2 aromatic rings. The third-order valence-electron chi connectivity index (χ3n) is 3.20. The van der Waals surface area contributed by atoms with Gasteiger partial charge in [0.05, 0.1) is 0 Å². The number of aliphatic hydroxyl groups excluding tert-OH is 1. The van der Waals surface area contributed by atoms with Crippen LogP contribution in [0, 0.1) is 5.92 Å². The van der Waals surface area contributed by atoms with E-state index in [1.807, 2.05) is 12.1 Å². The second kappa shape index (κ2) is 7.48. The van der Waals surface area contributed by atoms with Gasteiger partial charge in [0, 0.05) is 5.02 Å². The minimum absolute atomic E-state index is 0.229. The van der Waals surface area contributed by atoms with Gasteiger partial charge in [0.15, 0.2) is 0 Å². The van der Waals surface area contributed by atoms with E-state index in [-0.39, 0.29) is 6.61 Å². The highest BCUT2D eigenvalue weighted by Gasteiger charge is 2.09. The molecule has 0 aliphatic heterocycles. The maximum Gasteiger partial charge on any atom is 0.119 e. The maximum atomic E-state index is 10.2. The number of hydrogen-bond donors (Lipinski definition) is 1. The van der Waals surface area contributed by atoms with E-state index in [1.165, 1.54) is 5.56 Å². The highest BCUT2D eigenvalue weighted by molar-refractivity contribution is 6.30. The molecule has 0 radical (unpaired) electrons. The van der Waals surface area contributed by atoms with E-state index in [9.17, 15) is 5.11 Å². The van der Waals surface area contributed by atoms with Crippen LogP contribution >= 0.6 is 11.6 Å². The molecule has 2 aromatic carbocycles. The van der Waals surface area contributed by atoms with Gasteiger partial charge in [-0.15, -0.1) is 0 Å². The Bertz CT molecular complexity index is 564. The smallest absolute Gasteiger partial charge is 0.119 e. The number of ether oxygens (including phenoxy) is 1. The standard InChI is InChI=1S/C18H21ClO2/c1-13(2)10-14-4-3-5-15(11-14)18(20)12-21-17-8-6-16(19)7-9-17/h3-9,11,13,18,20H,10,12H2,1-2H3.